The van der Waals surface area contributed by atoms with Gasteiger partial charge in [-0.2, -0.15) is 0 Å². The molecule has 0 aliphatic heterocycles. The van der Waals surface area contributed by atoms with Gasteiger partial charge < -0.3 is 4.52 Å². The van der Waals surface area contributed by atoms with Crippen LogP contribution in [0.1, 0.15) is 12.5 Å². The van der Waals surface area contributed by atoms with E-state index in [4.69, 9.17) is 16.7 Å². The number of nitrogens with zero attached hydrogens (tertiary/aromatic N) is 1. The minimum Gasteiger partial charge on any atom is -0.378 e. The van der Waals surface area contributed by atoms with Crippen molar-refractivity contribution < 1.29 is 4.52 Å². The topological polar surface area (TPSA) is 18.1 Å². The van der Waals surface area contributed by atoms with Gasteiger partial charge in [0.05, 0.1) is 0 Å². The van der Waals surface area contributed by atoms with E-state index < -0.39 is 0 Å². The van der Waals surface area contributed by atoms with E-state index in [1.807, 2.05) is 37.4 Å². The van der Waals surface area contributed by atoms with Crippen LogP contribution in [0.4, 0.5) is 0 Å². The highest BCUT2D eigenvalue weighted by atomic mass is 32.1. The van der Waals surface area contributed by atoms with Crippen molar-refractivity contribution in [3.05, 3.63) is 40.5 Å². The molecule has 0 radical (unpaired) electrons. The Morgan fingerprint density at radius 1 is 1.27 bits per heavy atom. The first-order chi connectivity index (χ1) is 7.24. The van der Waals surface area contributed by atoms with Crippen molar-refractivity contribution >= 4 is 12.2 Å². The van der Waals surface area contributed by atoms with Crippen LogP contribution in [0.2, 0.25) is 0 Å². The molecule has 0 saturated carbocycles. The summed E-state index contributed by atoms with van der Waals surface area (Å²) in [6, 6.07) is 10.1. The summed E-state index contributed by atoms with van der Waals surface area (Å²) in [6.45, 7) is 2.09. The summed E-state index contributed by atoms with van der Waals surface area (Å²) >= 11 is 5.28. The summed E-state index contributed by atoms with van der Waals surface area (Å²) in [5, 5.41) is 0. The molecule has 0 fully saturated rings. The van der Waals surface area contributed by atoms with E-state index in [1.165, 1.54) is 0 Å². The number of aromatic nitrogens is 1. The van der Waals surface area contributed by atoms with Gasteiger partial charge in [-0.05, 0) is 6.42 Å². The highest BCUT2D eigenvalue weighted by Gasteiger charge is 2.12. The Balaban J connectivity index is 2.64. The molecular formula is C12H13NOS. The Morgan fingerprint density at radius 2 is 1.93 bits per heavy atom. The van der Waals surface area contributed by atoms with Gasteiger partial charge in [-0.15, -0.1) is 0 Å². The van der Waals surface area contributed by atoms with Crippen LogP contribution in [0.5, 0.6) is 0 Å². The van der Waals surface area contributed by atoms with Crippen molar-refractivity contribution in [2.24, 2.45) is 7.05 Å². The Morgan fingerprint density at radius 3 is 2.53 bits per heavy atom. The molecule has 3 heteroatoms. The third-order valence-corrected chi connectivity index (χ3v) is 2.94. The van der Waals surface area contributed by atoms with Gasteiger partial charge in [-0.1, -0.05) is 49.5 Å². The second-order valence-electron chi connectivity index (χ2n) is 3.42. The molecule has 0 unspecified atom stereocenters. The zero-order valence-electron chi connectivity index (χ0n) is 8.86. The van der Waals surface area contributed by atoms with E-state index >= 15 is 0 Å². The van der Waals surface area contributed by atoms with Crippen LogP contribution in [-0.2, 0) is 13.5 Å². The van der Waals surface area contributed by atoms with Crippen molar-refractivity contribution in [2.75, 3.05) is 0 Å². The molecule has 2 nitrogen and oxygen atoms in total. The maximum absolute atomic E-state index is 5.63. The van der Waals surface area contributed by atoms with E-state index in [0.29, 0.717) is 0 Å². The first-order valence-electron chi connectivity index (χ1n) is 4.98. The minimum atomic E-state index is 0.788. The van der Waals surface area contributed by atoms with Crippen LogP contribution in [0.25, 0.3) is 11.3 Å². The first kappa shape index (κ1) is 10.2. The van der Waals surface area contributed by atoms with E-state index in [-0.39, 0.29) is 0 Å². The standard InChI is InChI=1S/C12H13NOS/c1-3-10-11(14-13(2)12(10)15)9-7-5-4-6-8-9/h4-8H,3H2,1-2H3. The summed E-state index contributed by atoms with van der Waals surface area (Å²) in [6.07, 6.45) is 0.896. The molecule has 15 heavy (non-hydrogen) atoms. The zero-order chi connectivity index (χ0) is 10.8. The number of hydrogen-bond donors (Lipinski definition) is 0. The Hall–Kier alpha value is -1.35. The van der Waals surface area contributed by atoms with Crippen LogP contribution in [0.15, 0.2) is 34.9 Å². The first-order valence-corrected chi connectivity index (χ1v) is 5.39. The lowest BCUT2D eigenvalue weighted by atomic mass is 10.1. The van der Waals surface area contributed by atoms with Gasteiger partial charge in [0.2, 0.25) is 0 Å². The summed E-state index contributed by atoms with van der Waals surface area (Å²) in [7, 11) is 1.84. The molecule has 0 amide bonds. The van der Waals surface area contributed by atoms with Crippen molar-refractivity contribution in [3.63, 3.8) is 0 Å². The average Bonchev–Trinajstić information content (AvgIpc) is 2.56. The quantitative estimate of drug-likeness (QED) is 0.719. The maximum Gasteiger partial charge on any atom is 0.168 e. The normalized spacial score (nSPS) is 10.5. The van der Waals surface area contributed by atoms with Crippen LogP contribution in [-0.4, -0.2) is 4.74 Å². The molecule has 0 saturated heterocycles. The molecular weight excluding hydrogens is 206 g/mol. The SMILES string of the molecule is CCc1c(-c2ccccc2)on(C)c1=S. The van der Waals surface area contributed by atoms with Gasteiger partial charge in [0.25, 0.3) is 0 Å². The van der Waals surface area contributed by atoms with E-state index in [0.717, 1.165) is 27.9 Å². The molecule has 1 aromatic heterocycles. The molecule has 0 bridgehead atoms. The molecule has 0 atom stereocenters. The summed E-state index contributed by atoms with van der Waals surface area (Å²) in [5.74, 6) is 0.894. The summed E-state index contributed by atoms with van der Waals surface area (Å²) in [5.41, 5.74) is 2.19. The number of benzene rings is 1. The maximum atomic E-state index is 5.63. The van der Waals surface area contributed by atoms with Gasteiger partial charge in [0, 0.05) is 18.2 Å². The number of aryl methyl sites for hydroxylation is 1. The fraction of sp³-hybridized carbons (Fsp3) is 0.250. The lowest BCUT2D eigenvalue weighted by Gasteiger charge is -1.97. The minimum absolute atomic E-state index is 0.788. The highest BCUT2D eigenvalue weighted by molar-refractivity contribution is 7.71. The third-order valence-electron chi connectivity index (χ3n) is 2.44. The number of rotatable bonds is 2. The van der Waals surface area contributed by atoms with Gasteiger partial charge in [0.15, 0.2) is 5.76 Å². The van der Waals surface area contributed by atoms with Crippen molar-refractivity contribution in [2.45, 2.75) is 13.3 Å². The Kier molecular flexibility index (Phi) is 2.73. The Labute approximate surface area is 94.1 Å². The average molecular weight is 219 g/mol. The second kappa shape index (κ2) is 4.03. The predicted octanol–water partition coefficient (Wildman–Crippen LogP) is 3.58. The molecule has 0 N–H and O–H groups in total. The fourth-order valence-electron chi connectivity index (χ4n) is 1.65. The number of hydrogen-bond acceptors (Lipinski definition) is 2. The Bertz CT molecular complexity index is 510. The van der Waals surface area contributed by atoms with E-state index in [2.05, 4.69) is 6.92 Å². The van der Waals surface area contributed by atoms with Gasteiger partial charge in [0.1, 0.15) is 4.64 Å². The fourth-order valence-corrected chi connectivity index (χ4v) is 1.92. The highest BCUT2D eigenvalue weighted by Crippen LogP contribution is 2.25. The monoisotopic (exact) mass is 219 g/mol. The van der Waals surface area contributed by atoms with Crippen LogP contribution >= 0.6 is 12.2 Å². The molecule has 2 aromatic rings. The lowest BCUT2D eigenvalue weighted by molar-refractivity contribution is 0.312. The molecule has 1 heterocycles. The van der Waals surface area contributed by atoms with E-state index in [1.54, 1.807) is 4.74 Å². The predicted molar refractivity (Wildman–Crippen MR) is 63.3 cm³/mol. The molecule has 0 spiro atoms. The van der Waals surface area contributed by atoms with Gasteiger partial charge in [-0.25, -0.2) is 4.74 Å². The van der Waals surface area contributed by atoms with Crippen molar-refractivity contribution in [1.29, 1.82) is 0 Å². The second-order valence-corrected chi connectivity index (χ2v) is 3.81. The van der Waals surface area contributed by atoms with Crippen LogP contribution in [0, 0.1) is 4.64 Å². The summed E-state index contributed by atoms with van der Waals surface area (Å²) < 4.78 is 8.07. The molecule has 2 rings (SSSR count). The van der Waals surface area contributed by atoms with Gasteiger partial charge in [-0.3, -0.25) is 0 Å². The molecule has 1 aromatic carbocycles. The third kappa shape index (κ3) is 1.75. The van der Waals surface area contributed by atoms with Crippen molar-refractivity contribution in [3.8, 4) is 11.3 Å². The zero-order valence-corrected chi connectivity index (χ0v) is 9.67. The van der Waals surface area contributed by atoms with Crippen LogP contribution < -0.4 is 0 Å². The molecule has 78 valence electrons. The smallest absolute Gasteiger partial charge is 0.168 e. The lowest BCUT2D eigenvalue weighted by Crippen LogP contribution is -1.84. The van der Waals surface area contributed by atoms with Crippen molar-refractivity contribution in [1.82, 2.24) is 4.74 Å². The van der Waals surface area contributed by atoms with E-state index in [9.17, 15) is 0 Å². The van der Waals surface area contributed by atoms with Gasteiger partial charge >= 0.3 is 0 Å². The summed E-state index contributed by atoms with van der Waals surface area (Å²) in [4.78, 5) is 0. The van der Waals surface area contributed by atoms with Crippen LogP contribution in [0.3, 0.4) is 0 Å². The largest absolute Gasteiger partial charge is 0.378 e. The molecule has 0 aliphatic carbocycles. The molecule has 0 aliphatic rings.